The van der Waals surface area contributed by atoms with Gasteiger partial charge in [-0.2, -0.15) is 0 Å². The second kappa shape index (κ2) is 8.53. The molecule has 0 aliphatic rings. The lowest BCUT2D eigenvalue weighted by Gasteiger charge is -1.99. The molecule has 0 saturated carbocycles. The van der Waals surface area contributed by atoms with Gasteiger partial charge in [-0.25, -0.2) is 0 Å². The van der Waals surface area contributed by atoms with Crippen molar-refractivity contribution in [3.05, 3.63) is 89.5 Å². The molecular formula is C22H18N2O2. The number of nitrogens with zero attached hydrogens (tertiary/aromatic N) is 2. The van der Waals surface area contributed by atoms with Crippen molar-refractivity contribution in [1.82, 2.24) is 0 Å². The molecule has 0 heterocycles. The van der Waals surface area contributed by atoms with Crippen molar-refractivity contribution in [1.29, 1.82) is 0 Å². The molecule has 128 valence electrons. The molecule has 4 heteroatoms. The van der Waals surface area contributed by atoms with E-state index in [-0.39, 0.29) is 0 Å². The minimum atomic E-state index is 0.654. The van der Waals surface area contributed by atoms with Crippen molar-refractivity contribution in [2.45, 2.75) is 0 Å². The Morgan fingerprint density at radius 2 is 1.08 bits per heavy atom. The third kappa shape index (κ3) is 4.74. The zero-order valence-corrected chi connectivity index (χ0v) is 14.4. The van der Waals surface area contributed by atoms with Crippen LogP contribution in [0.2, 0.25) is 0 Å². The van der Waals surface area contributed by atoms with Crippen molar-refractivity contribution in [2.24, 2.45) is 9.98 Å². The highest BCUT2D eigenvalue weighted by molar-refractivity contribution is 5.84. The molecule has 0 N–H and O–H groups in total. The van der Waals surface area contributed by atoms with Crippen LogP contribution < -0.4 is 4.74 Å². The molecule has 3 aromatic rings. The zero-order chi connectivity index (χ0) is 18.2. The highest BCUT2D eigenvalue weighted by Crippen LogP contribution is 2.19. The summed E-state index contributed by atoms with van der Waals surface area (Å²) in [5.74, 6) is 0.824. The number of carbonyl (C=O) groups excluding carboxylic acids is 1. The van der Waals surface area contributed by atoms with E-state index in [0.29, 0.717) is 5.56 Å². The molecule has 4 nitrogen and oxygen atoms in total. The summed E-state index contributed by atoms with van der Waals surface area (Å²) >= 11 is 0. The van der Waals surface area contributed by atoms with Gasteiger partial charge in [0.25, 0.3) is 0 Å². The smallest absolute Gasteiger partial charge is 0.150 e. The van der Waals surface area contributed by atoms with Crippen LogP contribution in [0.3, 0.4) is 0 Å². The Balaban J connectivity index is 1.64. The van der Waals surface area contributed by atoms with Gasteiger partial charge in [0.2, 0.25) is 0 Å². The van der Waals surface area contributed by atoms with Crippen molar-refractivity contribution < 1.29 is 9.53 Å². The molecule has 0 radical (unpaired) electrons. The maximum atomic E-state index is 10.7. The second-order valence-corrected chi connectivity index (χ2v) is 5.59. The number of methoxy groups -OCH3 is 1. The Morgan fingerprint density at radius 1 is 0.654 bits per heavy atom. The van der Waals surface area contributed by atoms with Crippen LogP contribution in [0.5, 0.6) is 5.75 Å². The van der Waals surface area contributed by atoms with Crippen LogP contribution in [-0.2, 0) is 0 Å². The van der Waals surface area contributed by atoms with E-state index in [9.17, 15) is 4.79 Å². The molecule has 3 rings (SSSR count). The summed E-state index contributed by atoms with van der Waals surface area (Å²) < 4.78 is 5.14. The van der Waals surface area contributed by atoms with E-state index in [0.717, 1.165) is 34.5 Å². The van der Waals surface area contributed by atoms with E-state index in [4.69, 9.17) is 4.74 Å². The highest BCUT2D eigenvalue weighted by Gasteiger charge is 1.94. The lowest BCUT2D eigenvalue weighted by Crippen LogP contribution is -1.84. The van der Waals surface area contributed by atoms with E-state index < -0.39 is 0 Å². The number of aliphatic imine (C=N–C) groups is 2. The fraction of sp³-hybridized carbons (Fsp3) is 0.0455. The Bertz CT molecular complexity index is 910. The average molecular weight is 342 g/mol. The first-order valence-corrected chi connectivity index (χ1v) is 8.14. The molecule has 0 aliphatic carbocycles. The van der Waals surface area contributed by atoms with Gasteiger partial charge >= 0.3 is 0 Å². The van der Waals surface area contributed by atoms with Gasteiger partial charge in [0.05, 0.1) is 18.5 Å². The topological polar surface area (TPSA) is 51.0 Å². The van der Waals surface area contributed by atoms with Crippen LogP contribution in [0, 0.1) is 0 Å². The summed E-state index contributed by atoms with van der Waals surface area (Å²) in [7, 11) is 1.65. The number of carbonyl (C=O) groups is 1. The molecule has 3 aromatic carbocycles. The van der Waals surface area contributed by atoms with Crippen molar-refractivity contribution >= 4 is 30.1 Å². The summed E-state index contributed by atoms with van der Waals surface area (Å²) in [6.45, 7) is 0. The zero-order valence-electron chi connectivity index (χ0n) is 14.4. The predicted octanol–water partition coefficient (Wildman–Crippen LogP) is 5.01. The summed E-state index contributed by atoms with van der Waals surface area (Å²) in [6.07, 6.45) is 4.41. The van der Waals surface area contributed by atoms with Crippen LogP contribution in [0.4, 0.5) is 11.4 Å². The maximum Gasteiger partial charge on any atom is 0.150 e. The SMILES string of the molecule is COc1ccc(C=Nc2ccc(N=Cc3ccc(C=O)cc3)cc2)cc1. The average Bonchev–Trinajstić information content (AvgIpc) is 2.72. The maximum absolute atomic E-state index is 10.7. The Morgan fingerprint density at radius 3 is 1.50 bits per heavy atom. The van der Waals surface area contributed by atoms with Gasteiger partial charge in [-0.15, -0.1) is 0 Å². The molecule has 0 spiro atoms. The number of hydrogen-bond acceptors (Lipinski definition) is 4. The molecule has 0 bridgehead atoms. The third-order valence-electron chi connectivity index (χ3n) is 3.76. The molecule has 0 fully saturated rings. The Hall–Kier alpha value is -3.53. The highest BCUT2D eigenvalue weighted by atomic mass is 16.5. The minimum absolute atomic E-state index is 0.654. The Labute approximate surface area is 152 Å². The minimum Gasteiger partial charge on any atom is -0.497 e. The molecule has 0 aromatic heterocycles. The standard InChI is InChI=1S/C22H18N2O2/c1-26-22-12-6-18(7-13-22)15-24-21-10-8-20(9-11-21)23-14-17-2-4-19(16-25)5-3-17/h2-16H,1H3. The van der Waals surface area contributed by atoms with Gasteiger partial charge < -0.3 is 4.74 Å². The summed E-state index contributed by atoms with van der Waals surface area (Å²) in [5, 5.41) is 0. The van der Waals surface area contributed by atoms with Crippen molar-refractivity contribution in [2.75, 3.05) is 7.11 Å². The van der Waals surface area contributed by atoms with E-state index in [1.165, 1.54) is 0 Å². The third-order valence-corrected chi connectivity index (χ3v) is 3.76. The van der Waals surface area contributed by atoms with Gasteiger partial charge in [-0.3, -0.25) is 14.8 Å². The molecule has 0 aliphatic heterocycles. The monoisotopic (exact) mass is 342 g/mol. The van der Waals surface area contributed by atoms with E-state index in [1.807, 2.05) is 66.9 Å². The van der Waals surface area contributed by atoms with Gasteiger partial charge in [0.1, 0.15) is 12.0 Å². The molecule has 26 heavy (non-hydrogen) atoms. The molecule has 0 unspecified atom stereocenters. The fourth-order valence-electron chi connectivity index (χ4n) is 2.27. The van der Waals surface area contributed by atoms with Crippen molar-refractivity contribution in [3.63, 3.8) is 0 Å². The first-order valence-electron chi connectivity index (χ1n) is 8.14. The molecule has 0 atom stereocenters. The Kier molecular flexibility index (Phi) is 5.68. The molecule has 0 amide bonds. The van der Waals surface area contributed by atoms with E-state index in [1.54, 1.807) is 25.5 Å². The summed E-state index contributed by atoms with van der Waals surface area (Å²) in [6, 6.07) is 22.6. The summed E-state index contributed by atoms with van der Waals surface area (Å²) in [5.41, 5.74) is 4.30. The number of aldehydes is 1. The van der Waals surface area contributed by atoms with Crippen LogP contribution in [-0.4, -0.2) is 25.8 Å². The lowest BCUT2D eigenvalue weighted by molar-refractivity contribution is 0.112. The van der Waals surface area contributed by atoms with E-state index >= 15 is 0 Å². The van der Waals surface area contributed by atoms with Crippen LogP contribution in [0.15, 0.2) is 82.8 Å². The number of ether oxygens (including phenoxy) is 1. The van der Waals surface area contributed by atoms with Crippen LogP contribution in [0.1, 0.15) is 21.5 Å². The van der Waals surface area contributed by atoms with Crippen LogP contribution >= 0.6 is 0 Å². The number of hydrogen-bond donors (Lipinski definition) is 0. The second-order valence-electron chi connectivity index (χ2n) is 5.59. The number of rotatable bonds is 6. The normalized spacial score (nSPS) is 11.1. The summed E-state index contributed by atoms with van der Waals surface area (Å²) in [4.78, 5) is 19.5. The number of benzene rings is 3. The largest absolute Gasteiger partial charge is 0.497 e. The fourth-order valence-corrected chi connectivity index (χ4v) is 2.27. The van der Waals surface area contributed by atoms with Crippen LogP contribution in [0.25, 0.3) is 0 Å². The molecular weight excluding hydrogens is 324 g/mol. The quantitative estimate of drug-likeness (QED) is 0.467. The lowest BCUT2D eigenvalue weighted by atomic mass is 10.2. The van der Waals surface area contributed by atoms with Gasteiger partial charge in [-0.1, -0.05) is 24.3 Å². The van der Waals surface area contributed by atoms with Gasteiger partial charge in [0.15, 0.2) is 0 Å². The van der Waals surface area contributed by atoms with Crippen molar-refractivity contribution in [3.8, 4) is 5.75 Å². The first kappa shape index (κ1) is 17.3. The van der Waals surface area contributed by atoms with Gasteiger partial charge in [-0.05, 0) is 59.7 Å². The van der Waals surface area contributed by atoms with Gasteiger partial charge in [0, 0.05) is 18.0 Å². The van der Waals surface area contributed by atoms with E-state index in [2.05, 4.69) is 9.98 Å². The first-order chi connectivity index (χ1) is 12.8. The molecule has 0 saturated heterocycles. The predicted molar refractivity (Wildman–Crippen MR) is 106 cm³/mol.